The number of carbonyl (C=O) groups is 1. The fourth-order valence-corrected chi connectivity index (χ4v) is 4.79. The third-order valence-electron chi connectivity index (χ3n) is 4.35. The molecule has 6 nitrogen and oxygen atoms in total. The van der Waals surface area contributed by atoms with Gasteiger partial charge < -0.3 is 5.32 Å². The van der Waals surface area contributed by atoms with Gasteiger partial charge in [0, 0.05) is 29.3 Å². The molecule has 2 aromatic carbocycles. The summed E-state index contributed by atoms with van der Waals surface area (Å²) < 4.78 is 1.36. The van der Waals surface area contributed by atoms with Crippen molar-refractivity contribution in [2.24, 2.45) is 0 Å². The Kier molecular flexibility index (Phi) is 5.92. The van der Waals surface area contributed by atoms with Crippen LogP contribution in [0.2, 0.25) is 0 Å². The van der Waals surface area contributed by atoms with Crippen LogP contribution in [0, 0.1) is 0 Å². The monoisotopic (exact) mass is 424 g/mol. The number of hydrogen-bond acceptors (Lipinski definition) is 6. The smallest absolute Gasteiger partial charge is 0.275 e. The Labute approximate surface area is 176 Å². The summed E-state index contributed by atoms with van der Waals surface area (Å²) in [6, 6.07) is 15.3. The zero-order valence-electron chi connectivity index (χ0n) is 15.9. The molecule has 0 fully saturated rings. The molecule has 148 valence electrons. The predicted molar refractivity (Wildman–Crippen MR) is 120 cm³/mol. The van der Waals surface area contributed by atoms with Crippen molar-refractivity contribution < 1.29 is 4.79 Å². The van der Waals surface area contributed by atoms with E-state index in [0.717, 1.165) is 34.3 Å². The fourth-order valence-electron chi connectivity index (χ4n) is 3.05. The van der Waals surface area contributed by atoms with Gasteiger partial charge in [-0.25, -0.2) is 4.98 Å². The van der Waals surface area contributed by atoms with Gasteiger partial charge in [0.15, 0.2) is 0 Å². The number of carbonyl (C=O) groups excluding carboxylic acids is 1. The van der Waals surface area contributed by atoms with E-state index in [9.17, 15) is 9.59 Å². The molecule has 4 rings (SSSR count). The Balaban J connectivity index is 1.39. The van der Waals surface area contributed by atoms with Crippen molar-refractivity contribution in [3.8, 4) is 0 Å². The number of fused-ring (bicyclic) bond motifs is 2. The van der Waals surface area contributed by atoms with E-state index in [4.69, 9.17) is 0 Å². The molecule has 0 aliphatic rings. The number of rotatable bonds is 7. The SMILES string of the molecule is CCCc1nn2c(=O)cc(CSCC(=O)Nc3cccc4ccccc34)nc2s1. The van der Waals surface area contributed by atoms with Crippen LogP contribution in [0.3, 0.4) is 0 Å². The van der Waals surface area contributed by atoms with Gasteiger partial charge in [-0.15, -0.1) is 11.8 Å². The number of aromatic nitrogens is 3. The summed E-state index contributed by atoms with van der Waals surface area (Å²) in [5, 5.41) is 10.3. The third kappa shape index (κ3) is 4.49. The van der Waals surface area contributed by atoms with Crippen molar-refractivity contribution >= 4 is 50.4 Å². The molecule has 0 saturated heterocycles. The van der Waals surface area contributed by atoms with Gasteiger partial charge in [0.05, 0.1) is 11.4 Å². The zero-order chi connectivity index (χ0) is 20.2. The maximum atomic E-state index is 12.4. The van der Waals surface area contributed by atoms with Crippen LogP contribution in [0.25, 0.3) is 15.7 Å². The van der Waals surface area contributed by atoms with Crippen molar-refractivity contribution in [2.75, 3.05) is 11.1 Å². The van der Waals surface area contributed by atoms with Crippen LogP contribution >= 0.6 is 23.1 Å². The van der Waals surface area contributed by atoms with Gasteiger partial charge in [0.25, 0.3) is 5.56 Å². The van der Waals surface area contributed by atoms with Crippen molar-refractivity contribution in [1.29, 1.82) is 0 Å². The number of nitrogens with one attached hydrogen (secondary N) is 1. The molecule has 0 radical (unpaired) electrons. The van der Waals surface area contributed by atoms with Gasteiger partial charge in [-0.3, -0.25) is 9.59 Å². The molecule has 0 atom stereocenters. The average Bonchev–Trinajstić information content (AvgIpc) is 3.12. The lowest BCUT2D eigenvalue weighted by Crippen LogP contribution is -2.16. The van der Waals surface area contributed by atoms with Crippen LogP contribution in [0.1, 0.15) is 24.0 Å². The molecule has 0 bridgehead atoms. The van der Waals surface area contributed by atoms with Gasteiger partial charge in [0.2, 0.25) is 10.9 Å². The van der Waals surface area contributed by atoms with E-state index in [1.807, 2.05) is 42.5 Å². The number of nitrogens with zero attached hydrogens (tertiary/aromatic N) is 3. The standard InChI is InChI=1S/C21H20N4O2S2/c1-2-6-19-24-25-20(27)11-15(22-21(25)29-19)12-28-13-18(26)23-17-10-5-8-14-7-3-4-9-16(14)17/h3-5,7-11H,2,6,12-13H2,1H3,(H,23,26). The van der Waals surface area contributed by atoms with E-state index < -0.39 is 0 Å². The highest BCUT2D eigenvalue weighted by Gasteiger charge is 2.10. The Bertz CT molecular complexity index is 1230. The highest BCUT2D eigenvalue weighted by Crippen LogP contribution is 2.23. The largest absolute Gasteiger partial charge is 0.325 e. The van der Waals surface area contributed by atoms with E-state index in [2.05, 4.69) is 22.3 Å². The molecule has 0 spiro atoms. The molecule has 0 aliphatic carbocycles. The minimum Gasteiger partial charge on any atom is -0.325 e. The molecule has 0 unspecified atom stereocenters. The van der Waals surface area contributed by atoms with Gasteiger partial charge >= 0.3 is 0 Å². The first-order valence-electron chi connectivity index (χ1n) is 9.38. The van der Waals surface area contributed by atoms with E-state index in [-0.39, 0.29) is 17.2 Å². The summed E-state index contributed by atoms with van der Waals surface area (Å²) in [5.74, 6) is 0.705. The molecule has 1 amide bonds. The topological polar surface area (TPSA) is 76.4 Å². The lowest BCUT2D eigenvalue weighted by Gasteiger charge is -2.08. The summed E-state index contributed by atoms with van der Waals surface area (Å²) in [7, 11) is 0. The van der Waals surface area contributed by atoms with Crippen LogP contribution in [-0.4, -0.2) is 26.3 Å². The normalized spacial score (nSPS) is 11.2. The molecule has 8 heteroatoms. The molecular weight excluding hydrogens is 404 g/mol. The number of hydrogen-bond donors (Lipinski definition) is 1. The molecule has 4 aromatic rings. The predicted octanol–water partition coefficient (Wildman–Crippen LogP) is 4.13. The highest BCUT2D eigenvalue weighted by atomic mass is 32.2. The van der Waals surface area contributed by atoms with Gasteiger partial charge in [-0.1, -0.05) is 54.7 Å². The molecule has 2 heterocycles. The van der Waals surface area contributed by atoms with Gasteiger partial charge in [-0.2, -0.15) is 9.61 Å². The summed E-state index contributed by atoms with van der Waals surface area (Å²) in [6.07, 6.45) is 1.81. The zero-order valence-corrected chi connectivity index (χ0v) is 17.6. The molecule has 1 N–H and O–H groups in total. The number of thioether (sulfide) groups is 1. The number of anilines is 1. The lowest BCUT2D eigenvalue weighted by atomic mass is 10.1. The quantitative estimate of drug-likeness (QED) is 0.483. The second-order valence-corrected chi connectivity index (χ2v) is 8.62. The van der Waals surface area contributed by atoms with Gasteiger partial charge in [-0.05, 0) is 17.9 Å². The molecular formula is C21H20N4O2S2. The first-order valence-corrected chi connectivity index (χ1v) is 11.3. The first kappa shape index (κ1) is 19.6. The van der Waals surface area contributed by atoms with Crippen LogP contribution in [0.15, 0.2) is 53.3 Å². The lowest BCUT2D eigenvalue weighted by molar-refractivity contribution is -0.113. The molecule has 29 heavy (non-hydrogen) atoms. The average molecular weight is 425 g/mol. The molecule has 2 aromatic heterocycles. The van der Waals surface area contributed by atoms with Crippen LogP contribution < -0.4 is 10.9 Å². The Morgan fingerprint density at radius 1 is 1.21 bits per heavy atom. The van der Waals surface area contributed by atoms with E-state index >= 15 is 0 Å². The maximum Gasteiger partial charge on any atom is 0.275 e. The number of benzene rings is 2. The summed E-state index contributed by atoms with van der Waals surface area (Å²) in [5.41, 5.74) is 1.30. The Morgan fingerprint density at radius 2 is 2.03 bits per heavy atom. The Morgan fingerprint density at radius 3 is 2.90 bits per heavy atom. The van der Waals surface area contributed by atoms with Crippen LogP contribution in [0.5, 0.6) is 0 Å². The van der Waals surface area contributed by atoms with Gasteiger partial charge in [0.1, 0.15) is 5.01 Å². The van der Waals surface area contributed by atoms with Crippen molar-refractivity contribution in [3.05, 3.63) is 69.6 Å². The van der Waals surface area contributed by atoms with Crippen LogP contribution in [0.4, 0.5) is 5.69 Å². The second-order valence-electron chi connectivity index (χ2n) is 6.59. The minimum atomic E-state index is -0.176. The fraction of sp³-hybridized carbons (Fsp3) is 0.238. The maximum absolute atomic E-state index is 12.4. The van der Waals surface area contributed by atoms with Crippen molar-refractivity contribution in [3.63, 3.8) is 0 Å². The van der Waals surface area contributed by atoms with E-state index in [1.165, 1.54) is 33.7 Å². The number of amides is 1. The van der Waals surface area contributed by atoms with E-state index in [1.54, 1.807) is 0 Å². The first-order chi connectivity index (χ1) is 14.1. The highest BCUT2D eigenvalue weighted by molar-refractivity contribution is 7.99. The Hall–Kier alpha value is -2.71. The molecule has 0 saturated carbocycles. The van der Waals surface area contributed by atoms with Crippen LogP contribution in [-0.2, 0) is 17.0 Å². The molecule has 0 aliphatic heterocycles. The van der Waals surface area contributed by atoms with Crippen molar-refractivity contribution in [1.82, 2.24) is 14.6 Å². The summed E-state index contributed by atoms with van der Waals surface area (Å²) in [4.78, 5) is 29.8. The van der Waals surface area contributed by atoms with E-state index in [0.29, 0.717) is 16.4 Å². The van der Waals surface area contributed by atoms with Crippen molar-refractivity contribution in [2.45, 2.75) is 25.5 Å². The second kappa shape index (κ2) is 8.75. The number of aryl methyl sites for hydroxylation is 1. The third-order valence-corrected chi connectivity index (χ3v) is 6.29. The minimum absolute atomic E-state index is 0.0767. The summed E-state index contributed by atoms with van der Waals surface area (Å²) in [6.45, 7) is 2.08. The summed E-state index contributed by atoms with van der Waals surface area (Å²) >= 11 is 2.88.